The quantitative estimate of drug-likeness (QED) is 0.545. The molecule has 0 saturated carbocycles. The van der Waals surface area contributed by atoms with Gasteiger partial charge < -0.3 is 14.5 Å². The second-order valence-corrected chi connectivity index (χ2v) is 9.07. The van der Waals surface area contributed by atoms with Gasteiger partial charge in [-0.1, -0.05) is 6.07 Å². The summed E-state index contributed by atoms with van der Waals surface area (Å²) in [5, 5.41) is 4.41. The first kappa shape index (κ1) is 22.0. The second-order valence-electron chi connectivity index (χ2n) is 9.07. The van der Waals surface area contributed by atoms with E-state index in [1.807, 2.05) is 18.2 Å². The monoisotopic (exact) mass is 487 g/mol. The van der Waals surface area contributed by atoms with Crippen molar-refractivity contribution in [3.63, 3.8) is 0 Å². The molecular weight excluding hydrogens is 465 g/mol. The van der Waals surface area contributed by atoms with E-state index in [2.05, 4.69) is 20.5 Å². The molecule has 1 aromatic heterocycles. The Morgan fingerprint density at radius 1 is 0.889 bits per heavy atom. The van der Waals surface area contributed by atoms with Gasteiger partial charge in [0.05, 0.1) is 11.9 Å². The molecule has 182 valence electrons. The number of carbonyl (C=O) groups is 3. The molecule has 3 aliphatic heterocycles. The van der Waals surface area contributed by atoms with E-state index in [9.17, 15) is 18.8 Å². The van der Waals surface area contributed by atoms with Gasteiger partial charge in [-0.05, 0) is 66.4 Å². The lowest BCUT2D eigenvalue weighted by Gasteiger charge is -2.38. The van der Waals surface area contributed by atoms with Gasteiger partial charge in [0, 0.05) is 31.4 Å². The molecule has 0 unspecified atom stereocenters. The summed E-state index contributed by atoms with van der Waals surface area (Å²) < 4.78 is 19.2. The Kier molecular flexibility index (Phi) is 5.10. The summed E-state index contributed by atoms with van der Waals surface area (Å²) in [4.78, 5) is 45.1. The molecule has 0 radical (unpaired) electrons. The molecule has 6 rings (SSSR count). The average Bonchev–Trinajstić information content (AvgIpc) is 3.49. The number of benzene rings is 2. The number of rotatable bonds is 4. The Bertz CT molecular complexity index is 1360. The van der Waals surface area contributed by atoms with Crippen molar-refractivity contribution < 1.29 is 23.5 Å². The Balaban J connectivity index is 1.17. The number of ether oxygens (including phenoxy) is 1. The van der Waals surface area contributed by atoms with E-state index in [4.69, 9.17) is 4.74 Å². The third kappa shape index (κ3) is 3.62. The Hall–Kier alpha value is -4.47. The zero-order chi connectivity index (χ0) is 24.9. The number of nitrogens with one attached hydrogen (secondary N) is 2. The maximum absolute atomic E-state index is 13.3. The maximum atomic E-state index is 13.3. The number of urea groups is 1. The number of anilines is 2. The zero-order valence-corrected chi connectivity index (χ0v) is 19.2. The molecule has 2 aromatic carbocycles. The van der Waals surface area contributed by atoms with Gasteiger partial charge in [0.1, 0.15) is 11.6 Å². The Morgan fingerprint density at radius 2 is 1.61 bits per heavy atom. The fourth-order valence-electron chi connectivity index (χ4n) is 5.17. The molecule has 2 fully saturated rings. The van der Waals surface area contributed by atoms with Crippen LogP contribution in [0.1, 0.15) is 24.0 Å². The van der Waals surface area contributed by atoms with Crippen LogP contribution >= 0.6 is 0 Å². The smallest absolute Gasteiger partial charge is 0.328 e. The molecule has 4 amide bonds. The van der Waals surface area contributed by atoms with Crippen LogP contribution in [0.25, 0.3) is 0 Å². The number of carbonyl (C=O) groups excluding carboxylic acids is 3. The molecule has 9 nitrogen and oxygen atoms in total. The van der Waals surface area contributed by atoms with Crippen molar-refractivity contribution in [2.45, 2.75) is 31.5 Å². The molecule has 4 heterocycles. The molecule has 2 saturated heterocycles. The number of nitrogens with zero attached hydrogens (tertiary/aromatic N) is 3. The lowest BCUT2D eigenvalue weighted by atomic mass is 9.92. The van der Waals surface area contributed by atoms with Gasteiger partial charge in [-0.3, -0.25) is 20.2 Å². The summed E-state index contributed by atoms with van der Waals surface area (Å²) in [6.45, 7) is 1.90. The second kappa shape index (κ2) is 8.33. The van der Waals surface area contributed by atoms with Crippen molar-refractivity contribution in [2.24, 2.45) is 0 Å². The van der Waals surface area contributed by atoms with Crippen molar-refractivity contribution >= 4 is 29.2 Å². The van der Waals surface area contributed by atoms with Crippen LogP contribution in [0.4, 0.5) is 20.6 Å². The number of fused-ring (bicyclic) bond motifs is 1. The molecule has 3 aliphatic rings. The third-order valence-corrected chi connectivity index (χ3v) is 6.93. The highest BCUT2D eigenvalue weighted by molar-refractivity contribution is 6.24. The minimum absolute atomic E-state index is 0.259. The van der Waals surface area contributed by atoms with Gasteiger partial charge in [-0.2, -0.15) is 0 Å². The van der Waals surface area contributed by atoms with E-state index < -0.39 is 23.4 Å². The SMILES string of the molecule is O=C1NC(=O)C2(CCCN2c2ccc(Oc3ccc4c(c3)CN(c3ccc(F)cc3)C4)nc2)C(=O)N1. The summed E-state index contributed by atoms with van der Waals surface area (Å²) in [7, 11) is 0. The topological polar surface area (TPSA) is 104 Å². The zero-order valence-electron chi connectivity index (χ0n) is 19.2. The minimum Gasteiger partial charge on any atom is -0.439 e. The van der Waals surface area contributed by atoms with E-state index in [1.54, 1.807) is 35.4 Å². The minimum atomic E-state index is -1.46. The fraction of sp³-hybridized carbons (Fsp3) is 0.231. The van der Waals surface area contributed by atoms with Gasteiger partial charge >= 0.3 is 6.03 Å². The summed E-state index contributed by atoms with van der Waals surface area (Å²) in [6.07, 6.45) is 2.49. The maximum Gasteiger partial charge on any atom is 0.328 e. The summed E-state index contributed by atoms with van der Waals surface area (Å²) in [6, 6.07) is 14.9. The van der Waals surface area contributed by atoms with Gasteiger partial charge in [-0.25, -0.2) is 14.2 Å². The average molecular weight is 487 g/mol. The van der Waals surface area contributed by atoms with E-state index in [0.717, 1.165) is 17.8 Å². The van der Waals surface area contributed by atoms with Crippen molar-refractivity contribution in [2.75, 3.05) is 16.3 Å². The normalized spacial score (nSPS) is 18.3. The van der Waals surface area contributed by atoms with Gasteiger partial charge in [-0.15, -0.1) is 0 Å². The van der Waals surface area contributed by atoms with Crippen LogP contribution in [0.3, 0.4) is 0 Å². The molecule has 1 spiro atoms. The van der Waals surface area contributed by atoms with Crippen molar-refractivity contribution in [3.8, 4) is 11.6 Å². The molecule has 2 N–H and O–H groups in total. The van der Waals surface area contributed by atoms with Crippen LogP contribution < -0.4 is 25.2 Å². The number of hydrogen-bond donors (Lipinski definition) is 2. The van der Waals surface area contributed by atoms with E-state index >= 15 is 0 Å². The lowest BCUT2D eigenvalue weighted by Crippen LogP contribution is -2.71. The van der Waals surface area contributed by atoms with Crippen molar-refractivity contribution in [1.82, 2.24) is 15.6 Å². The number of hydrogen-bond acceptors (Lipinski definition) is 7. The molecule has 10 heteroatoms. The fourth-order valence-corrected chi connectivity index (χ4v) is 5.17. The molecule has 0 bridgehead atoms. The first-order valence-electron chi connectivity index (χ1n) is 11.6. The van der Waals surface area contributed by atoms with E-state index in [-0.39, 0.29) is 5.82 Å². The number of pyridine rings is 1. The van der Waals surface area contributed by atoms with E-state index in [0.29, 0.717) is 43.2 Å². The van der Waals surface area contributed by atoms with Crippen molar-refractivity contribution in [1.29, 1.82) is 0 Å². The Morgan fingerprint density at radius 3 is 2.33 bits per heavy atom. The predicted molar refractivity (Wildman–Crippen MR) is 128 cm³/mol. The van der Waals surface area contributed by atoms with Gasteiger partial charge in [0.15, 0.2) is 5.54 Å². The first-order chi connectivity index (χ1) is 17.4. The number of imide groups is 2. The summed E-state index contributed by atoms with van der Waals surface area (Å²) in [5.74, 6) is -0.501. The largest absolute Gasteiger partial charge is 0.439 e. The highest BCUT2D eigenvalue weighted by Crippen LogP contribution is 2.37. The number of barbiturate groups is 1. The molecule has 0 aliphatic carbocycles. The summed E-state index contributed by atoms with van der Waals surface area (Å²) in [5.41, 5.74) is 2.38. The lowest BCUT2D eigenvalue weighted by molar-refractivity contribution is -0.137. The van der Waals surface area contributed by atoms with Crippen molar-refractivity contribution in [3.05, 3.63) is 77.7 Å². The molecule has 0 atom stereocenters. The molecule has 3 aromatic rings. The summed E-state index contributed by atoms with van der Waals surface area (Å²) >= 11 is 0. The highest BCUT2D eigenvalue weighted by Gasteiger charge is 2.57. The molecule has 36 heavy (non-hydrogen) atoms. The van der Waals surface area contributed by atoms with Gasteiger partial charge in [0.25, 0.3) is 11.8 Å². The van der Waals surface area contributed by atoms with Crippen LogP contribution in [0.15, 0.2) is 60.8 Å². The number of halogens is 1. The number of amides is 4. The van der Waals surface area contributed by atoms with Crippen LogP contribution in [-0.4, -0.2) is 34.9 Å². The highest BCUT2D eigenvalue weighted by atomic mass is 19.1. The molecular formula is C26H22FN5O4. The van der Waals surface area contributed by atoms with Crippen LogP contribution in [0, 0.1) is 5.82 Å². The standard InChI is InChI=1S/C26H22FN5O4/c27-18-3-5-19(6-4-18)31-14-16-2-8-21(12-17(16)15-31)36-22-9-7-20(13-28-22)32-11-1-10-26(32)23(33)29-25(35)30-24(26)34/h2-9,12-13H,1,10-11,14-15H2,(H2,29,30,33,34,35). The first-order valence-corrected chi connectivity index (χ1v) is 11.6. The van der Waals surface area contributed by atoms with Gasteiger partial charge in [0.2, 0.25) is 5.88 Å². The van der Waals surface area contributed by atoms with E-state index in [1.165, 1.54) is 17.7 Å². The van der Waals surface area contributed by atoms with Crippen LogP contribution in [-0.2, 0) is 22.7 Å². The van der Waals surface area contributed by atoms with Crippen LogP contribution in [0.5, 0.6) is 11.6 Å². The van der Waals surface area contributed by atoms with Crippen LogP contribution in [0.2, 0.25) is 0 Å². The number of aromatic nitrogens is 1. The third-order valence-electron chi connectivity index (χ3n) is 6.93. The Labute approximate surface area is 205 Å². The predicted octanol–water partition coefficient (Wildman–Crippen LogP) is 3.24.